The summed E-state index contributed by atoms with van der Waals surface area (Å²) in [5.74, 6) is 1.59. The zero-order valence-corrected chi connectivity index (χ0v) is 18.9. The Labute approximate surface area is 195 Å². The van der Waals surface area contributed by atoms with E-state index in [2.05, 4.69) is 11.1 Å². The van der Waals surface area contributed by atoms with Crippen molar-refractivity contribution in [2.75, 3.05) is 21.3 Å². The molecule has 0 fully saturated rings. The first-order chi connectivity index (χ1) is 16.6. The fourth-order valence-corrected chi connectivity index (χ4v) is 4.04. The first kappa shape index (κ1) is 21.3. The number of carbonyl (C=O) groups is 1. The zero-order valence-electron chi connectivity index (χ0n) is 18.9. The number of hydrogen-bond acceptors (Lipinski definition) is 6. The molecule has 0 aliphatic heterocycles. The first-order valence-corrected chi connectivity index (χ1v) is 10.6. The summed E-state index contributed by atoms with van der Waals surface area (Å²) in [6.07, 6.45) is 4.62. The Kier molecular flexibility index (Phi) is 5.51. The summed E-state index contributed by atoms with van der Waals surface area (Å²) in [5, 5.41) is 2.04. The molecule has 34 heavy (non-hydrogen) atoms. The number of ether oxygens (including phenoxy) is 3. The Hall–Kier alpha value is -4.52. The molecule has 0 amide bonds. The van der Waals surface area contributed by atoms with Gasteiger partial charge in [-0.3, -0.25) is 4.79 Å². The summed E-state index contributed by atoms with van der Waals surface area (Å²) >= 11 is 0. The molecule has 0 atom stereocenters. The minimum absolute atomic E-state index is 0.236. The monoisotopic (exact) mass is 454 g/mol. The summed E-state index contributed by atoms with van der Waals surface area (Å²) in [6, 6.07) is 17.0. The van der Waals surface area contributed by atoms with Crippen molar-refractivity contribution in [1.29, 1.82) is 0 Å². The fraction of sp³-hybridized carbons (Fsp3) is 0.111. The molecule has 0 aliphatic carbocycles. The lowest BCUT2D eigenvalue weighted by Gasteiger charge is -2.14. The largest absolute Gasteiger partial charge is 0.493 e. The maximum Gasteiger partial charge on any atom is 0.221 e. The normalized spacial score (nSPS) is 11.4. The molecular weight excluding hydrogens is 432 g/mol. The molecule has 0 saturated heterocycles. The molecule has 0 radical (unpaired) electrons. The van der Waals surface area contributed by atoms with Gasteiger partial charge < -0.3 is 23.6 Å². The molecule has 0 spiro atoms. The van der Waals surface area contributed by atoms with E-state index < -0.39 is 0 Å². The second kappa shape index (κ2) is 8.78. The number of furan rings is 1. The van der Waals surface area contributed by atoms with Gasteiger partial charge in [0.2, 0.25) is 11.5 Å². The van der Waals surface area contributed by atoms with Gasteiger partial charge >= 0.3 is 0 Å². The Morgan fingerprint density at radius 3 is 2.38 bits per heavy atom. The first-order valence-electron chi connectivity index (χ1n) is 10.6. The highest BCUT2D eigenvalue weighted by Gasteiger charge is 2.18. The number of allylic oxidation sites excluding steroid dienone is 1. The van der Waals surface area contributed by atoms with Crippen molar-refractivity contribution in [3.05, 3.63) is 78.4 Å². The van der Waals surface area contributed by atoms with Crippen molar-refractivity contribution in [1.82, 2.24) is 9.97 Å². The van der Waals surface area contributed by atoms with E-state index in [4.69, 9.17) is 23.6 Å². The van der Waals surface area contributed by atoms with E-state index in [0.717, 1.165) is 27.4 Å². The number of pyridine rings is 1. The number of hydrogen-bond donors (Lipinski definition) is 1. The van der Waals surface area contributed by atoms with Gasteiger partial charge in [0, 0.05) is 21.9 Å². The van der Waals surface area contributed by atoms with Crippen LogP contribution in [0.5, 0.6) is 17.2 Å². The molecule has 2 aromatic carbocycles. The average molecular weight is 454 g/mol. The van der Waals surface area contributed by atoms with Crippen LogP contribution in [-0.2, 0) is 0 Å². The van der Waals surface area contributed by atoms with E-state index >= 15 is 0 Å². The fourth-order valence-electron chi connectivity index (χ4n) is 4.04. The van der Waals surface area contributed by atoms with Gasteiger partial charge in [-0.2, -0.15) is 0 Å². The van der Waals surface area contributed by atoms with E-state index in [0.29, 0.717) is 28.6 Å². The van der Waals surface area contributed by atoms with E-state index in [1.54, 1.807) is 39.5 Å². The minimum atomic E-state index is -0.236. The van der Waals surface area contributed by atoms with Gasteiger partial charge in [-0.25, -0.2) is 4.98 Å². The van der Waals surface area contributed by atoms with Crippen LogP contribution >= 0.6 is 0 Å². The van der Waals surface area contributed by atoms with Crippen LogP contribution in [0, 0.1) is 0 Å². The van der Waals surface area contributed by atoms with Crippen LogP contribution < -0.4 is 14.2 Å². The number of ketones is 1. The van der Waals surface area contributed by atoms with Gasteiger partial charge in [-0.05, 0) is 48.6 Å². The molecule has 0 aliphatic rings. The number of rotatable bonds is 7. The average Bonchev–Trinajstić information content (AvgIpc) is 3.54. The Bertz CT molecular complexity index is 1510. The highest BCUT2D eigenvalue weighted by atomic mass is 16.5. The van der Waals surface area contributed by atoms with Crippen LogP contribution in [-0.4, -0.2) is 37.1 Å². The molecule has 170 valence electrons. The van der Waals surface area contributed by atoms with Crippen LogP contribution in [0.25, 0.3) is 39.1 Å². The van der Waals surface area contributed by atoms with Crippen LogP contribution in [0.4, 0.5) is 0 Å². The van der Waals surface area contributed by atoms with E-state index in [1.165, 1.54) is 12.3 Å². The highest BCUT2D eigenvalue weighted by Crippen LogP contribution is 2.42. The lowest BCUT2D eigenvalue weighted by Crippen LogP contribution is -1.97. The van der Waals surface area contributed by atoms with Crippen molar-refractivity contribution in [3.8, 4) is 28.5 Å². The number of nitrogens with one attached hydrogen (secondary N) is 1. The maximum absolute atomic E-state index is 12.4. The number of carbonyl (C=O) groups excluding carboxylic acids is 1. The summed E-state index contributed by atoms with van der Waals surface area (Å²) < 4.78 is 21.8. The maximum atomic E-state index is 12.4. The second-order valence-corrected chi connectivity index (χ2v) is 7.58. The lowest BCUT2D eigenvalue weighted by molar-refractivity contribution is 0.102. The standard InChI is InChI=1S/C27H22N2O5/c1-31-23-13-16(14-24(32-2)27(23)33-3)25-26-19(18-7-4-5-8-20(18)29-26)15-17(28-25)10-11-21(30)22-9-6-12-34-22/h4-15,29H,1-3H3/b11-10+. The molecule has 7 nitrogen and oxygen atoms in total. The topological polar surface area (TPSA) is 86.6 Å². The number of H-pyrrole nitrogens is 1. The second-order valence-electron chi connectivity index (χ2n) is 7.58. The predicted octanol–water partition coefficient (Wildman–Crippen LogP) is 5.90. The quantitative estimate of drug-likeness (QED) is 0.243. The van der Waals surface area contributed by atoms with E-state index in [9.17, 15) is 4.79 Å². The third-order valence-corrected chi connectivity index (χ3v) is 5.62. The summed E-state index contributed by atoms with van der Waals surface area (Å²) in [4.78, 5) is 20.8. The van der Waals surface area contributed by atoms with Crippen LogP contribution in [0.3, 0.4) is 0 Å². The van der Waals surface area contributed by atoms with Crippen LogP contribution in [0.15, 0.2) is 71.4 Å². The molecule has 5 aromatic rings. The van der Waals surface area contributed by atoms with E-state index in [-0.39, 0.29) is 11.5 Å². The molecule has 7 heteroatoms. The number of aromatic nitrogens is 2. The van der Waals surface area contributed by atoms with Gasteiger partial charge in [0.05, 0.1) is 44.5 Å². The molecular formula is C27H22N2O5. The highest BCUT2D eigenvalue weighted by molar-refractivity contribution is 6.12. The smallest absolute Gasteiger partial charge is 0.221 e. The zero-order chi connectivity index (χ0) is 23.7. The summed E-state index contributed by atoms with van der Waals surface area (Å²) in [5.41, 5.74) is 3.95. The number of para-hydroxylation sites is 1. The molecule has 0 unspecified atom stereocenters. The Balaban J connectivity index is 1.73. The van der Waals surface area contributed by atoms with Gasteiger partial charge in [0.25, 0.3) is 0 Å². The predicted molar refractivity (Wildman–Crippen MR) is 131 cm³/mol. The number of benzene rings is 2. The minimum Gasteiger partial charge on any atom is -0.493 e. The van der Waals surface area contributed by atoms with Crippen molar-refractivity contribution in [2.24, 2.45) is 0 Å². The third-order valence-electron chi connectivity index (χ3n) is 5.62. The molecule has 5 rings (SSSR count). The molecule has 3 heterocycles. The van der Waals surface area contributed by atoms with Crippen molar-refractivity contribution in [3.63, 3.8) is 0 Å². The molecule has 0 saturated carbocycles. The van der Waals surface area contributed by atoms with Crippen molar-refractivity contribution < 1.29 is 23.4 Å². The van der Waals surface area contributed by atoms with Gasteiger partial charge in [0.15, 0.2) is 17.3 Å². The number of nitrogens with zero attached hydrogens (tertiary/aromatic N) is 1. The van der Waals surface area contributed by atoms with Crippen LogP contribution in [0.2, 0.25) is 0 Å². The van der Waals surface area contributed by atoms with Gasteiger partial charge in [-0.15, -0.1) is 0 Å². The Morgan fingerprint density at radius 1 is 0.941 bits per heavy atom. The number of methoxy groups -OCH3 is 3. The molecule has 1 N–H and O–H groups in total. The van der Waals surface area contributed by atoms with Gasteiger partial charge in [-0.1, -0.05) is 18.2 Å². The van der Waals surface area contributed by atoms with Crippen molar-refractivity contribution in [2.45, 2.75) is 0 Å². The SMILES string of the molecule is COc1cc(-c2nc(/C=C/C(=O)c3ccco3)cc3c2[nH]c2ccccc23)cc(OC)c1OC. The van der Waals surface area contributed by atoms with E-state index in [1.807, 2.05) is 36.4 Å². The number of aromatic amines is 1. The lowest BCUT2D eigenvalue weighted by atomic mass is 10.0. The summed E-state index contributed by atoms with van der Waals surface area (Å²) in [6.45, 7) is 0. The summed E-state index contributed by atoms with van der Waals surface area (Å²) in [7, 11) is 4.72. The van der Waals surface area contributed by atoms with Gasteiger partial charge in [0.1, 0.15) is 0 Å². The number of fused-ring (bicyclic) bond motifs is 3. The Morgan fingerprint density at radius 2 is 1.71 bits per heavy atom. The third kappa shape index (κ3) is 3.67. The van der Waals surface area contributed by atoms with Crippen LogP contribution in [0.1, 0.15) is 16.2 Å². The molecule has 3 aromatic heterocycles. The molecule has 0 bridgehead atoms. The van der Waals surface area contributed by atoms with Crippen molar-refractivity contribution >= 4 is 33.7 Å².